The molecule has 0 spiro atoms. The van der Waals surface area contributed by atoms with E-state index >= 15 is 8.78 Å². The summed E-state index contributed by atoms with van der Waals surface area (Å²) in [5.41, 5.74) is 3.77. The van der Waals surface area contributed by atoms with Crippen molar-refractivity contribution in [1.29, 1.82) is 0 Å². The predicted molar refractivity (Wildman–Crippen MR) is 156 cm³/mol. The summed E-state index contributed by atoms with van der Waals surface area (Å²) in [6, 6.07) is 14.6. The number of nitrogens with one attached hydrogen (secondary N) is 1. The maximum absolute atomic E-state index is 16.1. The molecule has 1 N–H and O–H groups in total. The molecule has 0 saturated heterocycles. The topological polar surface area (TPSA) is 81.0 Å². The molecule has 2 aromatic heterocycles. The van der Waals surface area contributed by atoms with Crippen LogP contribution >= 0.6 is 11.6 Å². The van der Waals surface area contributed by atoms with Crippen molar-refractivity contribution >= 4 is 23.1 Å². The van der Waals surface area contributed by atoms with Crippen LogP contribution in [-0.4, -0.2) is 55.4 Å². The fourth-order valence-electron chi connectivity index (χ4n) is 5.15. The molecule has 41 heavy (non-hydrogen) atoms. The molecule has 208 valence electrons. The van der Waals surface area contributed by atoms with Gasteiger partial charge in [0.25, 0.3) is 0 Å². The number of aromatic nitrogens is 2. The van der Waals surface area contributed by atoms with E-state index < -0.39 is 11.6 Å². The summed E-state index contributed by atoms with van der Waals surface area (Å²) >= 11 is 6.78. The SMILES string of the molecule is COc1nc(-c2cccc(-c3c(F)ccc(-c4ccc(C5=NCCN5)c(OC)n4)c3Cl)c2F)ccc1C1=NCCC1. The minimum Gasteiger partial charge on any atom is -0.480 e. The second-order valence-electron chi connectivity index (χ2n) is 9.55. The van der Waals surface area contributed by atoms with Crippen LogP contribution in [0.3, 0.4) is 0 Å². The Morgan fingerprint density at radius 2 is 1.44 bits per heavy atom. The van der Waals surface area contributed by atoms with Gasteiger partial charge in [-0.3, -0.25) is 9.98 Å². The lowest BCUT2D eigenvalue weighted by Crippen LogP contribution is -2.20. The summed E-state index contributed by atoms with van der Waals surface area (Å²) in [5, 5.41) is 3.23. The molecular formula is C31H26ClF2N5O2. The number of amidine groups is 1. The van der Waals surface area contributed by atoms with Crippen molar-refractivity contribution in [2.45, 2.75) is 12.8 Å². The fraction of sp³-hybridized carbons (Fsp3) is 0.226. The van der Waals surface area contributed by atoms with E-state index in [0.29, 0.717) is 46.7 Å². The Kier molecular flexibility index (Phi) is 7.36. The van der Waals surface area contributed by atoms with Crippen LogP contribution in [0.15, 0.2) is 64.6 Å². The highest BCUT2D eigenvalue weighted by Gasteiger charge is 2.23. The maximum atomic E-state index is 16.1. The molecule has 6 rings (SSSR count). The van der Waals surface area contributed by atoms with Crippen molar-refractivity contribution in [3.63, 3.8) is 0 Å². The number of hydrogen-bond donors (Lipinski definition) is 1. The van der Waals surface area contributed by atoms with Crippen molar-refractivity contribution < 1.29 is 18.3 Å². The lowest BCUT2D eigenvalue weighted by molar-refractivity contribution is 0.397. The molecule has 10 heteroatoms. The third-order valence-electron chi connectivity index (χ3n) is 7.13. The first-order chi connectivity index (χ1) is 20.0. The zero-order chi connectivity index (χ0) is 28.5. The van der Waals surface area contributed by atoms with Gasteiger partial charge in [0, 0.05) is 41.1 Å². The van der Waals surface area contributed by atoms with Gasteiger partial charge in [-0.25, -0.2) is 18.7 Å². The van der Waals surface area contributed by atoms with Crippen molar-refractivity contribution in [3.05, 3.63) is 82.4 Å². The highest BCUT2D eigenvalue weighted by atomic mass is 35.5. The standard InChI is InChI=1S/C31H26ClF2N5O2/c1-40-30-19(23-7-4-14-35-23)9-12-25(39-30)18-5-3-6-20(28(18)34)26-22(33)11-8-17(27(26)32)24-13-10-21(31(38-24)41-2)29-36-15-16-37-29/h3,5-6,8-13H,4,7,14-16H2,1-2H3,(H,36,37). The van der Waals surface area contributed by atoms with E-state index in [-0.39, 0.29) is 21.7 Å². The van der Waals surface area contributed by atoms with Crippen LogP contribution in [0.2, 0.25) is 5.02 Å². The highest BCUT2D eigenvalue weighted by molar-refractivity contribution is 6.36. The predicted octanol–water partition coefficient (Wildman–Crippen LogP) is 6.36. The molecule has 4 heterocycles. The summed E-state index contributed by atoms with van der Waals surface area (Å²) < 4.78 is 42.5. The Morgan fingerprint density at radius 1 is 0.756 bits per heavy atom. The highest BCUT2D eigenvalue weighted by Crippen LogP contribution is 2.41. The van der Waals surface area contributed by atoms with E-state index in [0.717, 1.165) is 37.2 Å². The third-order valence-corrected chi connectivity index (χ3v) is 7.53. The Bertz CT molecular complexity index is 1720. The molecule has 0 saturated carbocycles. The number of pyridine rings is 2. The van der Waals surface area contributed by atoms with Gasteiger partial charge in [-0.15, -0.1) is 0 Å². The van der Waals surface area contributed by atoms with E-state index in [4.69, 9.17) is 21.1 Å². The van der Waals surface area contributed by atoms with Crippen molar-refractivity contribution in [1.82, 2.24) is 15.3 Å². The number of benzene rings is 2. The van der Waals surface area contributed by atoms with Gasteiger partial charge >= 0.3 is 0 Å². The average molecular weight is 574 g/mol. The second-order valence-corrected chi connectivity index (χ2v) is 9.92. The first-order valence-corrected chi connectivity index (χ1v) is 13.6. The molecule has 0 unspecified atom stereocenters. The largest absolute Gasteiger partial charge is 0.480 e. The second kappa shape index (κ2) is 11.2. The third kappa shape index (κ3) is 4.91. The first-order valence-electron chi connectivity index (χ1n) is 13.2. The summed E-state index contributed by atoms with van der Waals surface area (Å²) in [5.74, 6) is 0.0829. The average Bonchev–Trinajstić information content (AvgIpc) is 3.73. The number of ether oxygens (including phenoxy) is 2. The lowest BCUT2D eigenvalue weighted by Gasteiger charge is -2.15. The first kappa shape index (κ1) is 26.8. The number of hydrogen-bond acceptors (Lipinski definition) is 7. The molecule has 2 aliphatic rings. The van der Waals surface area contributed by atoms with Gasteiger partial charge in [0.05, 0.1) is 48.3 Å². The van der Waals surface area contributed by atoms with Gasteiger partial charge < -0.3 is 14.8 Å². The summed E-state index contributed by atoms with van der Waals surface area (Å²) in [6.07, 6.45) is 1.81. The zero-order valence-corrected chi connectivity index (χ0v) is 23.2. The van der Waals surface area contributed by atoms with Crippen LogP contribution in [0.1, 0.15) is 24.0 Å². The Labute approximate surface area is 241 Å². The lowest BCUT2D eigenvalue weighted by atomic mass is 9.96. The molecule has 2 aromatic carbocycles. The fourth-order valence-corrected chi connectivity index (χ4v) is 5.50. The van der Waals surface area contributed by atoms with E-state index in [1.807, 2.05) is 12.1 Å². The molecule has 0 atom stereocenters. The van der Waals surface area contributed by atoms with Crippen LogP contribution in [-0.2, 0) is 0 Å². The maximum Gasteiger partial charge on any atom is 0.224 e. The minimum atomic E-state index is -0.664. The van der Waals surface area contributed by atoms with Crippen LogP contribution in [0.4, 0.5) is 8.78 Å². The van der Waals surface area contributed by atoms with Gasteiger partial charge in [0.2, 0.25) is 11.8 Å². The molecule has 7 nitrogen and oxygen atoms in total. The molecule has 0 fully saturated rings. The van der Waals surface area contributed by atoms with Crippen molar-refractivity contribution in [3.8, 4) is 45.4 Å². The van der Waals surface area contributed by atoms with E-state index in [1.54, 1.807) is 24.3 Å². The molecule has 2 aliphatic heterocycles. The number of rotatable bonds is 7. The Morgan fingerprint density at radius 3 is 2.12 bits per heavy atom. The van der Waals surface area contributed by atoms with Gasteiger partial charge in [-0.1, -0.05) is 23.7 Å². The zero-order valence-electron chi connectivity index (χ0n) is 22.5. The summed E-state index contributed by atoms with van der Waals surface area (Å²) in [7, 11) is 3.03. The van der Waals surface area contributed by atoms with Crippen molar-refractivity contribution in [2.24, 2.45) is 9.98 Å². The molecular weight excluding hydrogens is 548 g/mol. The van der Waals surface area contributed by atoms with Gasteiger partial charge in [0.15, 0.2) is 0 Å². The normalized spacial score (nSPS) is 14.5. The summed E-state index contributed by atoms with van der Waals surface area (Å²) in [6.45, 7) is 2.17. The number of methoxy groups -OCH3 is 2. The van der Waals surface area contributed by atoms with E-state index in [2.05, 4.69) is 25.3 Å². The summed E-state index contributed by atoms with van der Waals surface area (Å²) in [4.78, 5) is 18.1. The van der Waals surface area contributed by atoms with Crippen LogP contribution in [0.25, 0.3) is 33.6 Å². The Balaban J connectivity index is 1.42. The van der Waals surface area contributed by atoms with Crippen LogP contribution in [0.5, 0.6) is 11.8 Å². The minimum absolute atomic E-state index is 0.00459. The molecule has 0 radical (unpaired) electrons. The molecule has 0 amide bonds. The van der Waals surface area contributed by atoms with Gasteiger partial charge in [0.1, 0.15) is 17.5 Å². The Hall–Kier alpha value is -4.37. The number of aliphatic imine (C=N–C) groups is 2. The van der Waals surface area contributed by atoms with Crippen LogP contribution in [0, 0.1) is 11.6 Å². The van der Waals surface area contributed by atoms with E-state index in [9.17, 15) is 0 Å². The van der Waals surface area contributed by atoms with Gasteiger partial charge in [-0.2, -0.15) is 0 Å². The number of halogens is 3. The van der Waals surface area contributed by atoms with Crippen LogP contribution < -0.4 is 14.8 Å². The quantitative estimate of drug-likeness (QED) is 0.278. The molecule has 4 aromatic rings. The van der Waals surface area contributed by atoms with E-state index in [1.165, 1.54) is 32.4 Å². The number of nitrogens with zero attached hydrogens (tertiary/aromatic N) is 4. The van der Waals surface area contributed by atoms with Crippen molar-refractivity contribution in [2.75, 3.05) is 33.9 Å². The molecule has 0 aliphatic carbocycles. The smallest absolute Gasteiger partial charge is 0.224 e. The van der Waals surface area contributed by atoms with Gasteiger partial charge in [-0.05, 0) is 55.3 Å². The monoisotopic (exact) mass is 573 g/mol. The molecule has 0 bridgehead atoms.